The second kappa shape index (κ2) is 8.65. The Hall–Kier alpha value is -2.15. The number of nitrogens with one attached hydrogen (secondary N) is 1. The van der Waals surface area contributed by atoms with Crippen molar-refractivity contribution in [1.29, 1.82) is 0 Å². The molecule has 0 spiro atoms. The Labute approximate surface area is 198 Å². The van der Waals surface area contributed by atoms with Crippen molar-refractivity contribution in [2.45, 2.75) is 44.0 Å². The number of aliphatic hydroxyl groups is 1. The molecule has 12 heteroatoms. The number of aliphatic carboxylic acids is 1. The van der Waals surface area contributed by atoms with Gasteiger partial charge in [0.1, 0.15) is 6.20 Å². The van der Waals surface area contributed by atoms with E-state index in [1.54, 1.807) is 18.7 Å². The fraction of sp³-hybridized carbons (Fsp3) is 0.500. The van der Waals surface area contributed by atoms with E-state index in [1.165, 1.54) is 16.2 Å². The summed E-state index contributed by atoms with van der Waals surface area (Å²) < 4.78 is 4.14. The van der Waals surface area contributed by atoms with E-state index >= 15 is 0 Å². The molecule has 4 N–H and O–H groups in total. The molecule has 4 atom stereocenters. The van der Waals surface area contributed by atoms with Gasteiger partial charge < -0.3 is 31.0 Å². The van der Waals surface area contributed by atoms with Crippen molar-refractivity contribution in [3.63, 3.8) is 0 Å². The van der Waals surface area contributed by atoms with Gasteiger partial charge in [0.15, 0.2) is 5.11 Å². The van der Waals surface area contributed by atoms with Crippen LogP contribution in [-0.2, 0) is 16.1 Å². The van der Waals surface area contributed by atoms with Gasteiger partial charge in [0.25, 0.3) is 6.33 Å². The van der Waals surface area contributed by atoms with Gasteiger partial charge in [0.05, 0.1) is 41.2 Å². The number of amides is 1. The van der Waals surface area contributed by atoms with Crippen molar-refractivity contribution in [3.05, 3.63) is 23.1 Å². The first-order chi connectivity index (χ1) is 15.2. The minimum Gasteiger partial charge on any atom is -0.543 e. The largest absolute Gasteiger partial charge is 0.543 e. The quantitative estimate of drug-likeness (QED) is 0.148. The summed E-state index contributed by atoms with van der Waals surface area (Å²) in [6.07, 6.45) is 5.90. The molecule has 1 saturated heterocycles. The summed E-state index contributed by atoms with van der Waals surface area (Å²) in [6.45, 7) is 4.93. The van der Waals surface area contributed by atoms with Gasteiger partial charge in [-0.15, -0.1) is 0 Å². The molecule has 1 fully saturated rings. The Balaban J connectivity index is 1.67. The number of nitrogens with two attached hydrogens (primary N) is 1. The first-order valence-corrected chi connectivity index (χ1v) is 12.7. The highest BCUT2D eigenvalue weighted by atomic mass is 32.2. The zero-order chi connectivity index (χ0) is 23.3. The molecular weight excluding hydrogens is 470 g/mol. The molecule has 4 rings (SSSR count). The first-order valence-electron chi connectivity index (χ1n) is 10.3. The van der Waals surface area contributed by atoms with E-state index in [0.717, 1.165) is 27.7 Å². The molecule has 0 saturated carbocycles. The molecule has 1 amide bonds. The number of carbonyl (C=O) groups is 2. The number of carboxylic acids is 1. The number of thiocarbonyl (C=S) groups is 1. The van der Waals surface area contributed by atoms with E-state index in [2.05, 4.69) is 9.88 Å². The highest BCUT2D eigenvalue weighted by Crippen LogP contribution is 2.51. The first kappa shape index (κ1) is 23.0. The Bertz CT molecular complexity index is 1140. The molecule has 32 heavy (non-hydrogen) atoms. The third-order valence-electron chi connectivity index (χ3n) is 6.10. The van der Waals surface area contributed by atoms with Gasteiger partial charge in [-0.05, 0) is 25.4 Å². The molecule has 9 nitrogen and oxygen atoms in total. The number of aromatic nitrogens is 2. The lowest BCUT2D eigenvalue weighted by molar-refractivity contribution is -0.729. The molecular formula is C20H25N5O4S3. The van der Waals surface area contributed by atoms with Crippen LogP contribution in [0.25, 0.3) is 10.4 Å². The monoisotopic (exact) mass is 495 g/mol. The van der Waals surface area contributed by atoms with Crippen molar-refractivity contribution in [3.8, 4) is 0 Å². The predicted molar refractivity (Wildman–Crippen MR) is 124 cm³/mol. The predicted octanol–water partition coefficient (Wildman–Crippen LogP) is -0.448. The van der Waals surface area contributed by atoms with E-state index in [9.17, 15) is 19.8 Å². The Kier molecular flexibility index (Phi) is 6.23. The van der Waals surface area contributed by atoms with E-state index in [4.69, 9.17) is 18.0 Å². The maximum atomic E-state index is 12.6. The molecule has 0 bridgehead atoms. The SMILES string of the molecule is CSc1c2sc(C3=C(C(=O)[O-])N4C(=O)[C@H]([C@@H](C)O)[C@H]4[C@H]3C)cn2c[n+]1CCCNC(N)=S. The Morgan fingerprint density at radius 3 is 2.84 bits per heavy atom. The number of rotatable bonds is 8. The number of thioether (sulfide) groups is 1. The van der Waals surface area contributed by atoms with Gasteiger partial charge in [0.2, 0.25) is 15.8 Å². The average Bonchev–Trinajstić information content (AvgIpc) is 3.32. The topological polar surface area (TPSA) is 127 Å². The maximum absolute atomic E-state index is 12.6. The van der Waals surface area contributed by atoms with Gasteiger partial charge in [-0.2, -0.15) is 4.40 Å². The van der Waals surface area contributed by atoms with E-state index in [0.29, 0.717) is 12.1 Å². The van der Waals surface area contributed by atoms with Crippen LogP contribution in [0.15, 0.2) is 23.2 Å². The molecule has 2 aliphatic rings. The summed E-state index contributed by atoms with van der Waals surface area (Å²) in [5.74, 6) is -2.54. The van der Waals surface area contributed by atoms with Crippen LogP contribution < -0.4 is 20.7 Å². The lowest BCUT2D eigenvalue weighted by Crippen LogP contribution is -2.64. The van der Waals surface area contributed by atoms with Crippen molar-refractivity contribution in [1.82, 2.24) is 14.6 Å². The molecule has 0 unspecified atom stereocenters. The van der Waals surface area contributed by atoms with Gasteiger partial charge in [-0.3, -0.25) is 4.79 Å². The van der Waals surface area contributed by atoms with Crippen LogP contribution in [0.5, 0.6) is 0 Å². The summed E-state index contributed by atoms with van der Waals surface area (Å²) in [7, 11) is 0. The number of carbonyl (C=O) groups excluding carboxylic acids is 2. The summed E-state index contributed by atoms with van der Waals surface area (Å²) in [4.78, 5) is 27.7. The highest BCUT2D eigenvalue weighted by Gasteiger charge is 2.59. The summed E-state index contributed by atoms with van der Waals surface area (Å²) in [5, 5.41) is 26.3. The third kappa shape index (κ3) is 3.58. The zero-order valence-electron chi connectivity index (χ0n) is 17.9. The van der Waals surface area contributed by atoms with Crippen LogP contribution in [-0.4, -0.2) is 56.3 Å². The number of aryl methyl sites for hydroxylation is 1. The third-order valence-corrected chi connectivity index (χ3v) is 8.34. The molecule has 0 radical (unpaired) electrons. The molecule has 172 valence electrons. The molecule has 0 aromatic carbocycles. The van der Waals surface area contributed by atoms with Crippen LogP contribution in [0.2, 0.25) is 0 Å². The standard InChI is InChI=1S/C20H25N5O4S3/c1-9-12(15(19(28)29)25-14(9)13(10(2)26)16(25)27)11-7-24-8-23(6-4-5-22-20(21)30)17(31-3)18(24)32-11/h7-10,13-14,26H,4-6H2,1-3H3,(H3-,21,22,28,29,30)/t9-,10+,13+,14+/m0/s1. The van der Waals surface area contributed by atoms with Gasteiger partial charge in [0, 0.05) is 24.5 Å². The number of aliphatic hydroxyl groups excluding tert-OH is 1. The molecule has 2 aliphatic heterocycles. The normalized spacial score (nSPS) is 23.4. The van der Waals surface area contributed by atoms with Gasteiger partial charge in [-0.25, -0.2) is 4.57 Å². The second-order valence-electron chi connectivity index (χ2n) is 8.07. The van der Waals surface area contributed by atoms with E-state index in [1.807, 2.05) is 30.1 Å². The average molecular weight is 496 g/mol. The van der Waals surface area contributed by atoms with Gasteiger partial charge >= 0.3 is 0 Å². The number of hydrogen-bond acceptors (Lipinski definition) is 7. The van der Waals surface area contributed by atoms with Crippen LogP contribution in [0, 0.1) is 11.8 Å². The van der Waals surface area contributed by atoms with Crippen LogP contribution in [0.1, 0.15) is 25.1 Å². The van der Waals surface area contributed by atoms with Crippen molar-refractivity contribution in [2.24, 2.45) is 17.6 Å². The number of carboxylic acid groups (broad SMARTS) is 1. The summed E-state index contributed by atoms with van der Waals surface area (Å²) in [6, 6.07) is -0.363. The number of thiazole rings is 1. The van der Waals surface area contributed by atoms with Crippen LogP contribution >= 0.6 is 35.3 Å². The molecule has 2 aromatic rings. The van der Waals surface area contributed by atoms with Crippen LogP contribution in [0.3, 0.4) is 0 Å². The smallest absolute Gasteiger partial charge is 0.250 e. The van der Waals surface area contributed by atoms with Crippen molar-refractivity contribution >= 4 is 62.7 Å². The Morgan fingerprint density at radius 2 is 2.25 bits per heavy atom. The number of fused-ring (bicyclic) bond motifs is 2. The number of imidazole rings is 1. The number of β-lactam (4-membered cyclic amide) rings is 1. The van der Waals surface area contributed by atoms with E-state index < -0.39 is 18.0 Å². The minimum absolute atomic E-state index is 0.0729. The number of nitrogens with zero attached hydrogens (tertiary/aromatic N) is 3. The second-order valence-corrected chi connectivity index (χ2v) is 10.3. The zero-order valence-corrected chi connectivity index (χ0v) is 20.4. The highest BCUT2D eigenvalue weighted by molar-refractivity contribution is 7.98. The molecule has 4 heterocycles. The fourth-order valence-electron chi connectivity index (χ4n) is 4.77. The van der Waals surface area contributed by atoms with Crippen molar-refractivity contribution in [2.75, 3.05) is 12.8 Å². The lowest BCUT2D eigenvalue weighted by Gasteiger charge is -2.47. The Morgan fingerprint density at radius 1 is 1.53 bits per heavy atom. The van der Waals surface area contributed by atoms with Crippen molar-refractivity contribution < 1.29 is 24.4 Å². The van der Waals surface area contributed by atoms with E-state index in [-0.39, 0.29) is 28.7 Å². The fourth-order valence-corrected chi connectivity index (χ4v) is 7.07. The van der Waals surface area contributed by atoms with Crippen LogP contribution in [0.4, 0.5) is 0 Å². The molecule has 2 aromatic heterocycles. The maximum Gasteiger partial charge on any atom is 0.250 e. The lowest BCUT2D eigenvalue weighted by atomic mass is 9.77. The van der Waals surface area contributed by atoms with Gasteiger partial charge in [-0.1, -0.05) is 30.0 Å². The number of hydrogen-bond donors (Lipinski definition) is 3. The summed E-state index contributed by atoms with van der Waals surface area (Å²) in [5.41, 5.74) is 5.99. The summed E-state index contributed by atoms with van der Waals surface area (Å²) >= 11 is 7.94. The minimum atomic E-state index is -1.37. The molecule has 0 aliphatic carbocycles.